The summed E-state index contributed by atoms with van der Waals surface area (Å²) in [6, 6.07) is 84.5. The average molecular weight is 954 g/mol. The van der Waals surface area contributed by atoms with E-state index in [0.717, 1.165) is 63.0 Å². The van der Waals surface area contributed by atoms with E-state index in [2.05, 4.69) is 235 Å². The molecular formula is C68H43NOS2. The topological polar surface area (TPSA) is 16.4 Å². The van der Waals surface area contributed by atoms with Gasteiger partial charge in [0.05, 0.1) is 16.5 Å². The summed E-state index contributed by atoms with van der Waals surface area (Å²) in [5.74, 6) is 0. The summed E-state index contributed by atoms with van der Waals surface area (Å²) in [6.07, 6.45) is 6.81. The predicted octanol–water partition coefficient (Wildman–Crippen LogP) is 18.6. The van der Waals surface area contributed by atoms with Crippen LogP contribution < -0.4 is 4.90 Å². The molecule has 0 fully saturated rings. The predicted molar refractivity (Wildman–Crippen MR) is 298 cm³/mol. The van der Waals surface area contributed by atoms with Crippen LogP contribution in [0.25, 0.3) is 55.3 Å². The van der Waals surface area contributed by atoms with Gasteiger partial charge in [0.25, 0.3) is 0 Å². The van der Waals surface area contributed by atoms with E-state index in [9.17, 15) is 0 Å². The van der Waals surface area contributed by atoms with Gasteiger partial charge in [-0.05, 0) is 152 Å². The maximum atomic E-state index is 6.40. The van der Waals surface area contributed by atoms with Gasteiger partial charge in [0.15, 0.2) is 0 Å². The summed E-state index contributed by atoms with van der Waals surface area (Å²) in [5, 5.41) is 2.28. The SMILES string of the molecule is C1=CC2=C(CC1)C1(c3ccccc3S2)c2ccccc2-c2ccc(N(c3ccc(-c4ccc5c(c4)oc4ccccc45)cc3)c3cccc4c3-c3ccccc3C43c4ccccc4Sc4ccccc43)cc21. The molecule has 0 saturated heterocycles. The Labute approximate surface area is 427 Å². The van der Waals surface area contributed by atoms with Crippen molar-refractivity contribution in [3.63, 3.8) is 0 Å². The molecule has 0 bridgehead atoms. The van der Waals surface area contributed by atoms with Gasteiger partial charge >= 0.3 is 0 Å². The molecule has 0 N–H and O–H groups in total. The zero-order valence-electron chi connectivity index (χ0n) is 39.1. The lowest BCUT2D eigenvalue weighted by molar-refractivity contribution is 0.669. The number of anilines is 3. The van der Waals surface area contributed by atoms with E-state index in [-0.39, 0.29) is 0 Å². The number of fused-ring (bicyclic) bond motifs is 20. The molecule has 4 heteroatoms. The summed E-state index contributed by atoms with van der Waals surface area (Å²) in [7, 11) is 0. The van der Waals surface area contributed by atoms with Crippen LogP contribution in [0.4, 0.5) is 17.1 Å². The minimum absolute atomic E-state index is 0.433. The van der Waals surface area contributed by atoms with Gasteiger partial charge in [0, 0.05) is 47.3 Å². The molecule has 0 amide bonds. The summed E-state index contributed by atoms with van der Waals surface area (Å²) in [4.78, 5) is 7.89. The monoisotopic (exact) mass is 953 g/mol. The number of rotatable bonds is 4. The molecular weight excluding hydrogens is 911 g/mol. The number of hydrogen-bond acceptors (Lipinski definition) is 4. The summed E-state index contributed by atoms with van der Waals surface area (Å²) in [5.41, 5.74) is 22.7. The van der Waals surface area contributed by atoms with Gasteiger partial charge in [0.1, 0.15) is 11.2 Å². The highest BCUT2D eigenvalue weighted by Crippen LogP contribution is 2.66. The van der Waals surface area contributed by atoms with Gasteiger partial charge in [-0.3, -0.25) is 0 Å². The van der Waals surface area contributed by atoms with Crippen LogP contribution in [0.5, 0.6) is 0 Å². The zero-order valence-corrected chi connectivity index (χ0v) is 40.7. The number of thioether (sulfide) groups is 1. The van der Waals surface area contributed by atoms with Crippen molar-refractivity contribution in [2.75, 3.05) is 4.90 Å². The number of nitrogens with zero attached hydrogens (tertiary/aromatic N) is 1. The van der Waals surface area contributed by atoms with Crippen molar-refractivity contribution in [2.45, 2.75) is 38.4 Å². The molecule has 5 aliphatic rings. The van der Waals surface area contributed by atoms with Crippen LogP contribution in [-0.4, -0.2) is 0 Å². The van der Waals surface area contributed by atoms with Gasteiger partial charge in [-0.2, -0.15) is 0 Å². The molecule has 1 aromatic heterocycles. The molecule has 2 spiro atoms. The fourth-order valence-electron chi connectivity index (χ4n) is 13.5. The van der Waals surface area contributed by atoms with Crippen LogP contribution in [0.15, 0.2) is 266 Å². The van der Waals surface area contributed by atoms with Crippen molar-refractivity contribution in [1.29, 1.82) is 0 Å². The van der Waals surface area contributed by atoms with Crippen LogP contribution in [-0.2, 0) is 10.8 Å². The first kappa shape index (κ1) is 40.7. The molecule has 10 aromatic carbocycles. The van der Waals surface area contributed by atoms with Crippen molar-refractivity contribution in [2.24, 2.45) is 0 Å². The number of benzene rings is 10. The lowest BCUT2D eigenvalue weighted by Gasteiger charge is -2.42. The molecule has 2 nitrogen and oxygen atoms in total. The van der Waals surface area contributed by atoms with E-state index in [1.807, 2.05) is 29.6 Å². The van der Waals surface area contributed by atoms with E-state index in [1.54, 1.807) is 0 Å². The molecule has 0 saturated carbocycles. The standard InChI is InChI=1S/C68H43NOS2/c1-4-19-51-46(16-1)47-39-37-45(41-58(47)68(51)55-23-8-13-30-64(55)72-65-31-14-9-24-56(65)68)69(44-35-32-42(33-36-44)43-34-38-49-48-17-3-10-27-60(48)70-61(49)40-43)59-26-15-25-57-66(59)50-18-2-5-20-52(50)67(57)53-21-6-11-28-62(53)71-63-29-12-7-22-54(63)67/h1-8,10-23,25-41H,9,24H2. The van der Waals surface area contributed by atoms with E-state index < -0.39 is 10.8 Å². The summed E-state index contributed by atoms with van der Waals surface area (Å²) < 4.78 is 6.40. The van der Waals surface area contributed by atoms with Crippen LogP contribution in [0, 0.1) is 0 Å². The van der Waals surface area contributed by atoms with Crippen molar-refractivity contribution in [3.05, 3.63) is 286 Å². The van der Waals surface area contributed by atoms with E-state index in [1.165, 1.54) is 86.4 Å². The van der Waals surface area contributed by atoms with Crippen molar-refractivity contribution < 1.29 is 4.42 Å². The van der Waals surface area contributed by atoms with Crippen molar-refractivity contribution in [3.8, 4) is 33.4 Å². The number of hydrogen-bond donors (Lipinski definition) is 0. The maximum absolute atomic E-state index is 6.40. The van der Waals surface area contributed by atoms with Crippen LogP contribution in [0.2, 0.25) is 0 Å². The number of para-hydroxylation sites is 1. The van der Waals surface area contributed by atoms with Gasteiger partial charge in [-0.25, -0.2) is 0 Å². The molecule has 1 unspecified atom stereocenters. The number of allylic oxidation sites excluding steroid dienone is 3. The van der Waals surface area contributed by atoms with E-state index in [4.69, 9.17) is 4.42 Å². The third kappa shape index (κ3) is 5.38. The van der Waals surface area contributed by atoms with E-state index in [0.29, 0.717) is 0 Å². The largest absolute Gasteiger partial charge is 0.456 e. The third-order valence-electron chi connectivity index (χ3n) is 16.3. The summed E-state index contributed by atoms with van der Waals surface area (Å²) >= 11 is 3.83. The van der Waals surface area contributed by atoms with Crippen molar-refractivity contribution in [1.82, 2.24) is 0 Å². The molecule has 11 aromatic rings. The zero-order chi connectivity index (χ0) is 47.1. The second-order valence-corrected chi connectivity index (χ2v) is 21.9. The fraction of sp³-hybridized carbons (Fsp3) is 0.0588. The van der Waals surface area contributed by atoms with Gasteiger partial charge in [-0.15, -0.1) is 0 Å². The minimum Gasteiger partial charge on any atom is -0.456 e. The fourth-order valence-corrected chi connectivity index (χ4v) is 15.9. The highest BCUT2D eigenvalue weighted by atomic mass is 32.2. The molecule has 2 aliphatic heterocycles. The summed E-state index contributed by atoms with van der Waals surface area (Å²) in [6.45, 7) is 0. The Balaban J connectivity index is 0.957. The molecule has 72 heavy (non-hydrogen) atoms. The Morgan fingerprint density at radius 2 is 0.986 bits per heavy atom. The van der Waals surface area contributed by atoms with Crippen LogP contribution in [0.3, 0.4) is 0 Å². The first-order chi connectivity index (χ1) is 35.7. The Kier molecular flexibility index (Phi) is 8.61. The quantitative estimate of drug-likeness (QED) is 0.175. The highest BCUT2D eigenvalue weighted by molar-refractivity contribution is 8.03. The second kappa shape index (κ2) is 15.2. The van der Waals surface area contributed by atoms with Gasteiger partial charge in [0.2, 0.25) is 0 Å². The molecule has 338 valence electrons. The smallest absolute Gasteiger partial charge is 0.136 e. The van der Waals surface area contributed by atoms with Crippen LogP contribution in [0.1, 0.15) is 51.8 Å². The van der Waals surface area contributed by atoms with Gasteiger partial charge < -0.3 is 9.32 Å². The maximum Gasteiger partial charge on any atom is 0.136 e. The average Bonchev–Trinajstić information content (AvgIpc) is 4.07. The number of furan rings is 1. The Morgan fingerprint density at radius 1 is 0.403 bits per heavy atom. The minimum atomic E-state index is -0.504. The Hall–Kier alpha value is -8.02. The van der Waals surface area contributed by atoms with Crippen molar-refractivity contribution >= 4 is 62.5 Å². The first-order valence-electron chi connectivity index (χ1n) is 25.0. The molecule has 1 atom stereocenters. The Bertz CT molecular complexity index is 4150. The molecule has 0 radical (unpaired) electrons. The van der Waals surface area contributed by atoms with E-state index >= 15 is 0 Å². The first-order valence-corrected chi connectivity index (χ1v) is 26.7. The van der Waals surface area contributed by atoms with Crippen LogP contribution >= 0.6 is 23.5 Å². The lowest BCUT2D eigenvalue weighted by atomic mass is 9.65. The highest BCUT2D eigenvalue weighted by Gasteiger charge is 2.53. The lowest BCUT2D eigenvalue weighted by Crippen LogP contribution is -2.33. The normalized spacial score (nSPS) is 17.0. The molecule has 3 heterocycles. The second-order valence-electron chi connectivity index (χ2n) is 19.7. The van der Waals surface area contributed by atoms with Gasteiger partial charge in [-0.1, -0.05) is 193 Å². The molecule has 16 rings (SSSR count). The molecule has 3 aliphatic carbocycles. The third-order valence-corrected chi connectivity index (χ3v) is 18.6. The Morgan fingerprint density at radius 3 is 1.76 bits per heavy atom.